The van der Waals surface area contributed by atoms with Gasteiger partial charge >= 0.3 is 6.18 Å². The van der Waals surface area contributed by atoms with Gasteiger partial charge in [-0.15, -0.1) is 0 Å². The summed E-state index contributed by atoms with van der Waals surface area (Å²) in [5.41, 5.74) is 4.93. The lowest BCUT2D eigenvalue weighted by molar-refractivity contribution is -0.144. The molecule has 0 saturated carbocycles. The van der Waals surface area contributed by atoms with Crippen LogP contribution >= 0.6 is 0 Å². The predicted molar refractivity (Wildman–Crippen MR) is 61.5 cm³/mol. The summed E-state index contributed by atoms with van der Waals surface area (Å²) in [5, 5.41) is 9.10. The molecule has 0 fully saturated rings. The van der Waals surface area contributed by atoms with Crippen molar-refractivity contribution in [3.63, 3.8) is 0 Å². The van der Waals surface area contributed by atoms with E-state index in [-0.39, 0.29) is 6.54 Å². The van der Waals surface area contributed by atoms with Crippen molar-refractivity contribution in [2.75, 3.05) is 20.1 Å². The number of likely N-dealkylation sites (N-methyl/N-ethyl adjacent to an activating group) is 1. The molecule has 1 unspecified atom stereocenters. The average Bonchev–Trinajstić information content (AvgIpc) is 2.27. The van der Waals surface area contributed by atoms with Crippen LogP contribution in [0.5, 0.6) is 0 Å². The molecule has 1 atom stereocenters. The van der Waals surface area contributed by atoms with E-state index >= 15 is 0 Å². The summed E-state index contributed by atoms with van der Waals surface area (Å²) in [6.07, 6.45) is -4.30. The van der Waals surface area contributed by atoms with E-state index in [2.05, 4.69) is 0 Å². The molecule has 18 heavy (non-hydrogen) atoms. The van der Waals surface area contributed by atoms with Crippen LogP contribution < -0.4 is 5.73 Å². The summed E-state index contributed by atoms with van der Waals surface area (Å²) in [5.74, 6) is 0. The van der Waals surface area contributed by atoms with Gasteiger partial charge in [0.05, 0.1) is 12.6 Å². The Bertz CT molecular complexity index is 424. The largest absolute Gasteiger partial charge is 0.401 e. The number of rotatable bonds is 4. The number of halogens is 3. The van der Waals surface area contributed by atoms with Crippen LogP contribution in [0.25, 0.3) is 0 Å². The highest BCUT2D eigenvalue weighted by atomic mass is 19.4. The third-order valence-corrected chi connectivity index (χ3v) is 2.46. The van der Waals surface area contributed by atoms with Crippen LogP contribution in [0, 0.1) is 11.3 Å². The van der Waals surface area contributed by atoms with E-state index in [9.17, 15) is 13.2 Å². The highest BCUT2D eigenvalue weighted by Gasteiger charge is 2.34. The van der Waals surface area contributed by atoms with E-state index in [1.807, 2.05) is 6.07 Å². The van der Waals surface area contributed by atoms with Gasteiger partial charge < -0.3 is 5.73 Å². The Morgan fingerprint density at radius 2 is 1.78 bits per heavy atom. The standard InChI is InChI=1S/C12H14F3N3/c1-18(9-12(13,14)15)8-11(17,7-16)10-5-3-2-4-6-10/h2-6H,8-9,17H2,1H3. The van der Waals surface area contributed by atoms with Crippen molar-refractivity contribution >= 4 is 0 Å². The minimum absolute atomic E-state index is 0.187. The van der Waals surface area contributed by atoms with Gasteiger partial charge in [0.25, 0.3) is 0 Å². The molecule has 0 heterocycles. The van der Waals surface area contributed by atoms with Gasteiger partial charge in [-0.3, -0.25) is 4.90 Å². The van der Waals surface area contributed by atoms with E-state index in [4.69, 9.17) is 11.0 Å². The fourth-order valence-corrected chi connectivity index (χ4v) is 1.71. The van der Waals surface area contributed by atoms with Gasteiger partial charge in [-0.25, -0.2) is 0 Å². The number of nitrogens with two attached hydrogens (primary N) is 1. The number of nitrogens with zero attached hydrogens (tertiary/aromatic N) is 2. The second kappa shape index (κ2) is 5.38. The first-order valence-corrected chi connectivity index (χ1v) is 5.28. The molecule has 2 N–H and O–H groups in total. The van der Waals surface area contributed by atoms with Gasteiger partial charge in [0, 0.05) is 6.54 Å². The van der Waals surface area contributed by atoms with Crippen molar-refractivity contribution in [1.29, 1.82) is 5.26 Å². The number of alkyl halides is 3. The smallest absolute Gasteiger partial charge is 0.309 e. The van der Waals surface area contributed by atoms with Gasteiger partial charge in [0.15, 0.2) is 0 Å². The van der Waals surface area contributed by atoms with Crippen molar-refractivity contribution in [3.05, 3.63) is 35.9 Å². The number of nitriles is 1. The Balaban J connectivity index is 2.82. The Kier molecular flexibility index (Phi) is 4.33. The van der Waals surface area contributed by atoms with E-state index in [1.54, 1.807) is 30.3 Å². The average molecular weight is 257 g/mol. The molecule has 0 aliphatic carbocycles. The molecule has 0 aliphatic rings. The van der Waals surface area contributed by atoms with Crippen LogP contribution in [0.3, 0.4) is 0 Å². The fraction of sp³-hybridized carbons (Fsp3) is 0.417. The Morgan fingerprint density at radius 3 is 2.22 bits per heavy atom. The zero-order valence-electron chi connectivity index (χ0n) is 9.91. The summed E-state index contributed by atoms with van der Waals surface area (Å²) in [4.78, 5) is 0.996. The van der Waals surface area contributed by atoms with Crippen LogP contribution in [0.15, 0.2) is 30.3 Å². The van der Waals surface area contributed by atoms with E-state index in [0.29, 0.717) is 5.56 Å². The first-order valence-electron chi connectivity index (χ1n) is 5.28. The third-order valence-electron chi connectivity index (χ3n) is 2.46. The molecule has 0 spiro atoms. The first kappa shape index (κ1) is 14.5. The third kappa shape index (κ3) is 4.02. The Labute approximate surface area is 104 Å². The minimum atomic E-state index is -4.30. The molecule has 0 bridgehead atoms. The fourth-order valence-electron chi connectivity index (χ4n) is 1.71. The van der Waals surface area contributed by atoms with Gasteiger partial charge in [0.2, 0.25) is 0 Å². The van der Waals surface area contributed by atoms with E-state index in [0.717, 1.165) is 4.90 Å². The van der Waals surface area contributed by atoms with Crippen molar-refractivity contribution in [3.8, 4) is 6.07 Å². The predicted octanol–water partition coefficient (Wildman–Crippen LogP) is 1.86. The van der Waals surface area contributed by atoms with Crippen LogP contribution in [0.4, 0.5) is 13.2 Å². The molecule has 0 radical (unpaired) electrons. The molecule has 1 aromatic carbocycles. The van der Waals surface area contributed by atoms with Gasteiger partial charge in [-0.1, -0.05) is 30.3 Å². The molecular formula is C12H14F3N3. The molecule has 98 valence electrons. The van der Waals surface area contributed by atoms with Crippen molar-refractivity contribution in [1.82, 2.24) is 4.90 Å². The zero-order chi connectivity index (χ0) is 13.8. The van der Waals surface area contributed by atoms with Gasteiger partial charge in [-0.2, -0.15) is 18.4 Å². The number of hydrogen-bond acceptors (Lipinski definition) is 3. The van der Waals surface area contributed by atoms with Gasteiger partial charge in [0.1, 0.15) is 5.54 Å². The monoisotopic (exact) mass is 257 g/mol. The van der Waals surface area contributed by atoms with Crippen LogP contribution in [-0.4, -0.2) is 31.2 Å². The second-order valence-electron chi connectivity index (χ2n) is 4.24. The lowest BCUT2D eigenvalue weighted by atomic mass is 9.92. The Hall–Kier alpha value is -1.58. The summed E-state index contributed by atoms with van der Waals surface area (Å²) >= 11 is 0. The topological polar surface area (TPSA) is 53.0 Å². The number of benzene rings is 1. The first-order chi connectivity index (χ1) is 8.27. The molecule has 0 aliphatic heterocycles. The molecule has 0 saturated heterocycles. The normalized spacial score (nSPS) is 15.2. The van der Waals surface area contributed by atoms with E-state index < -0.39 is 18.3 Å². The zero-order valence-corrected chi connectivity index (χ0v) is 9.91. The highest BCUT2D eigenvalue weighted by Crippen LogP contribution is 2.21. The maximum Gasteiger partial charge on any atom is 0.401 e. The summed E-state index contributed by atoms with van der Waals surface area (Å²) < 4.78 is 36.7. The minimum Gasteiger partial charge on any atom is -0.309 e. The Morgan fingerprint density at radius 1 is 1.22 bits per heavy atom. The van der Waals surface area contributed by atoms with Gasteiger partial charge in [-0.05, 0) is 12.6 Å². The molecule has 1 aromatic rings. The summed E-state index contributed by atoms with van der Waals surface area (Å²) in [6, 6.07) is 10.3. The van der Waals surface area contributed by atoms with Crippen LogP contribution in [0.1, 0.15) is 5.56 Å². The number of hydrogen-bond donors (Lipinski definition) is 1. The SMILES string of the molecule is CN(CC(F)(F)F)CC(N)(C#N)c1ccccc1. The molecule has 0 aromatic heterocycles. The molecule has 0 amide bonds. The molecule has 3 nitrogen and oxygen atoms in total. The van der Waals surface area contributed by atoms with Crippen molar-refractivity contribution in [2.45, 2.75) is 11.7 Å². The highest BCUT2D eigenvalue weighted by molar-refractivity contribution is 5.31. The quantitative estimate of drug-likeness (QED) is 0.895. The summed E-state index contributed by atoms with van der Waals surface area (Å²) in [6.45, 7) is -1.28. The maximum absolute atomic E-state index is 12.2. The molecule has 1 rings (SSSR count). The van der Waals surface area contributed by atoms with Crippen molar-refractivity contribution in [2.24, 2.45) is 5.73 Å². The van der Waals surface area contributed by atoms with E-state index in [1.165, 1.54) is 7.05 Å². The van der Waals surface area contributed by atoms with Crippen LogP contribution in [-0.2, 0) is 5.54 Å². The van der Waals surface area contributed by atoms with Crippen molar-refractivity contribution < 1.29 is 13.2 Å². The second-order valence-corrected chi connectivity index (χ2v) is 4.24. The summed E-state index contributed by atoms with van der Waals surface area (Å²) in [7, 11) is 1.29. The lowest BCUT2D eigenvalue weighted by Gasteiger charge is -2.28. The molecular weight excluding hydrogens is 243 g/mol. The maximum atomic E-state index is 12.2. The molecule has 6 heteroatoms. The van der Waals surface area contributed by atoms with Crippen LogP contribution in [0.2, 0.25) is 0 Å². The lowest BCUT2D eigenvalue weighted by Crippen LogP contribution is -2.47.